The lowest BCUT2D eigenvalue weighted by Crippen LogP contribution is -2.42. The monoisotopic (exact) mass is 358 g/mol. The van der Waals surface area contributed by atoms with E-state index in [9.17, 15) is 15.0 Å². The van der Waals surface area contributed by atoms with Gasteiger partial charge in [0.15, 0.2) is 0 Å². The largest absolute Gasteiger partial charge is 0.507 e. The summed E-state index contributed by atoms with van der Waals surface area (Å²) in [5.74, 6) is 0.0652. The van der Waals surface area contributed by atoms with Crippen LogP contribution in [-0.2, 0) is 21.4 Å². The minimum Gasteiger partial charge on any atom is -0.507 e. The summed E-state index contributed by atoms with van der Waals surface area (Å²) < 4.78 is 5.25. The fourth-order valence-corrected chi connectivity index (χ4v) is 5.15. The first-order chi connectivity index (χ1) is 12.5. The van der Waals surface area contributed by atoms with Crippen LogP contribution in [0.3, 0.4) is 0 Å². The van der Waals surface area contributed by atoms with Crippen LogP contribution in [0.5, 0.6) is 5.75 Å². The zero-order chi connectivity index (χ0) is 18.5. The Labute approximate surface area is 153 Å². The highest BCUT2D eigenvalue weighted by atomic mass is 16.5. The molecule has 1 aliphatic heterocycles. The van der Waals surface area contributed by atoms with Gasteiger partial charge in [0.25, 0.3) is 0 Å². The molecule has 0 bridgehead atoms. The van der Waals surface area contributed by atoms with Crippen molar-refractivity contribution in [3.8, 4) is 5.75 Å². The smallest absolute Gasteiger partial charge is 0.334 e. The van der Waals surface area contributed by atoms with E-state index in [1.807, 2.05) is 12.1 Å². The summed E-state index contributed by atoms with van der Waals surface area (Å²) in [6.45, 7) is 2.66. The Morgan fingerprint density at radius 2 is 2.12 bits per heavy atom. The van der Waals surface area contributed by atoms with E-state index in [1.165, 1.54) is 0 Å². The van der Waals surface area contributed by atoms with Crippen molar-refractivity contribution in [1.29, 1.82) is 0 Å². The van der Waals surface area contributed by atoms with Crippen LogP contribution in [0.1, 0.15) is 61.8 Å². The lowest BCUT2D eigenvalue weighted by molar-refractivity contribution is -0.136. The zero-order valence-electron chi connectivity index (χ0n) is 15.1. The quantitative estimate of drug-likeness (QED) is 0.569. The van der Waals surface area contributed by atoms with Crippen molar-refractivity contribution in [2.75, 3.05) is 13.2 Å². The van der Waals surface area contributed by atoms with Crippen molar-refractivity contribution in [3.63, 3.8) is 0 Å². The zero-order valence-corrected chi connectivity index (χ0v) is 15.1. The number of unbranched alkanes of at least 4 members (excludes halogenated alkanes) is 1. The topological polar surface area (TPSA) is 87.0 Å². The van der Waals surface area contributed by atoms with Gasteiger partial charge >= 0.3 is 5.97 Å². The highest BCUT2D eigenvalue weighted by Crippen LogP contribution is 2.57. The van der Waals surface area contributed by atoms with E-state index in [1.54, 1.807) is 0 Å². The number of rotatable bonds is 4. The number of hydrogen-bond acceptors (Lipinski definition) is 5. The van der Waals surface area contributed by atoms with E-state index in [2.05, 4.69) is 6.92 Å². The molecule has 0 saturated carbocycles. The van der Waals surface area contributed by atoms with E-state index in [0.717, 1.165) is 35.1 Å². The molecule has 0 unspecified atom stereocenters. The lowest BCUT2D eigenvalue weighted by atomic mass is 9.56. The van der Waals surface area contributed by atoms with Gasteiger partial charge in [0, 0.05) is 23.2 Å². The van der Waals surface area contributed by atoms with Crippen molar-refractivity contribution in [2.45, 2.75) is 57.0 Å². The third-order valence-corrected chi connectivity index (χ3v) is 6.64. The van der Waals surface area contributed by atoms with Crippen LogP contribution in [0.4, 0.5) is 0 Å². The Kier molecular flexibility index (Phi) is 4.32. The van der Waals surface area contributed by atoms with Gasteiger partial charge in [-0.3, -0.25) is 0 Å². The fourth-order valence-electron chi connectivity index (χ4n) is 5.15. The van der Waals surface area contributed by atoms with Gasteiger partial charge in [-0.25, -0.2) is 4.79 Å². The Hall–Kier alpha value is -1.85. The van der Waals surface area contributed by atoms with Gasteiger partial charge in [-0.1, -0.05) is 19.1 Å². The van der Waals surface area contributed by atoms with Crippen LogP contribution in [0.15, 0.2) is 23.3 Å². The number of benzene rings is 1. The van der Waals surface area contributed by atoms with Crippen LogP contribution in [-0.4, -0.2) is 34.5 Å². The van der Waals surface area contributed by atoms with Crippen molar-refractivity contribution in [1.82, 2.24) is 0 Å². The molecule has 0 spiro atoms. The number of phenolic OH excluding ortho intramolecular Hbond substituents is 1. The third kappa shape index (κ3) is 2.48. The van der Waals surface area contributed by atoms with Gasteiger partial charge in [-0.15, -0.1) is 0 Å². The number of aromatic hydroxyl groups is 1. The molecule has 1 aromatic rings. The molecule has 0 radical (unpaired) electrons. The fraction of sp³-hybridized carbons (Fsp3) is 0.571. The summed E-state index contributed by atoms with van der Waals surface area (Å²) in [7, 11) is 0. The maximum Gasteiger partial charge on any atom is 0.334 e. The van der Waals surface area contributed by atoms with Gasteiger partial charge in [0.05, 0.1) is 6.10 Å². The Morgan fingerprint density at radius 1 is 1.31 bits per heavy atom. The van der Waals surface area contributed by atoms with Gasteiger partial charge in [0.2, 0.25) is 0 Å². The number of fused-ring (bicyclic) bond motifs is 4. The van der Waals surface area contributed by atoms with Crippen molar-refractivity contribution in [3.05, 3.63) is 40.0 Å². The van der Waals surface area contributed by atoms with Crippen molar-refractivity contribution < 1.29 is 24.9 Å². The van der Waals surface area contributed by atoms with Crippen LogP contribution >= 0.6 is 0 Å². The minimum absolute atomic E-state index is 0.0693. The molecular weight excluding hydrogens is 332 g/mol. The maximum atomic E-state index is 11.9. The molecule has 1 heterocycles. The first kappa shape index (κ1) is 17.6. The minimum atomic E-state index is -0.747. The van der Waals surface area contributed by atoms with Crippen LogP contribution < -0.4 is 0 Å². The molecule has 0 amide bonds. The molecule has 3 atom stereocenters. The number of aliphatic hydroxyl groups excluding tert-OH is 2. The van der Waals surface area contributed by atoms with Gasteiger partial charge in [-0.2, -0.15) is 0 Å². The molecular formula is C21H26O5. The summed E-state index contributed by atoms with van der Waals surface area (Å²) in [6.07, 6.45) is 3.45. The van der Waals surface area contributed by atoms with E-state index in [4.69, 9.17) is 9.84 Å². The SMILES string of the molecule is C[C@]12CCC3=C(COC3=O)[C@@H]1C[C@H](O)c1c2ccc(CCCCO)c1O. The number of phenols is 1. The molecule has 0 saturated heterocycles. The predicted octanol–water partition coefficient (Wildman–Crippen LogP) is 2.67. The Morgan fingerprint density at radius 3 is 2.88 bits per heavy atom. The van der Waals surface area contributed by atoms with Crippen LogP contribution in [0, 0.1) is 5.92 Å². The van der Waals surface area contributed by atoms with Gasteiger partial charge < -0.3 is 20.1 Å². The number of hydrogen-bond donors (Lipinski definition) is 3. The van der Waals surface area contributed by atoms with Gasteiger partial charge in [0.1, 0.15) is 12.4 Å². The number of aliphatic hydroxyl groups is 2. The average molecular weight is 358 g/mol. The number of cyclic esters (lactones) is 1. The van der Waals surface area contributed by atoms with Crippen molar-refractivity contribution in [2.24, 2.45) is 5.92 Å². The molecule has 0 aromatic heterocycles. The number of esters is 1. The second-order valence-corrected chi connectivity index (χ2v) is 8.02. The summed E-state index contributed by atoms with van der Waals surface area (Å²) in [5.41, 5.74) is 4.11. The summed E-state index contributed by atoms with van der Waals surface area (Å²) in [4.78, 5) is 11.9. The molecule has 2 aliphatic carbocycles. The van der Waals surface area contributed by atoms with E-state index in [-0.39, 0.29) is 29.7 Å². The molecule has 5 nitrogen and oxygen atoms in total. The summed E-state index contributed by atoms with van der Waals surface area (Å²) >= 11 is 0. The lowest BCUT2D eigenvalue weighted by Gasteiger charge is -2.48. The standard InChI is InChI=1S/C21H26O5/c1-21-8-7-13-14(11-26-20(13)25)16(21)10-17(23)18-15(21)6-5-12(19(18)24)4-2-3-9-22/h5-6,16-17,22-24H,2-4,7-11H2,1H3/t16-,17-,21+/m0/s1. The predicted molar refractivity (Wildman–Crippen MR) is 95.8 cm³/mol. The van der Waals surface area contributed by atoms with Gasteiger partial charge in [-0.05, 0) is 61.1 Å². The van der Waals surface area contributed by atoms with Crippen LogP contribution in [0.25, 0.3) is 0 Å². The number of aryl methyl sites for hydroxylation is 1. The van der Waals surface area contributed by atoms with Crippen molar-refractivity contribution >= 4 is 5.97 Å². The number of carbonyl (C=O) groups is 1. The first-order valence-corrected chi connectivity index (χ1v) is 9.50. The normalized spacial score (nSPS) is 29.9. The number of ether oxygens (including phenoxy) is 1. The molecule has 0 fully saturated rings. The van der Waals surface area contributed by atoms with E-state index < -0.39 is 6.10 Å². The summed E-state index contributed by atoms with van der Waals surface area (Å²) in [6, 6.07) is 3.99. The molecule has 5 heteroatoms. The summed E-state index contributed by atoms with van der Waals surface area (Å²) in [5, 5.41) is 30.6. The molecule has 4 rings (SSSR count). The van der Waals surface area contributed by atoms with E-state index >= 15 is 0 Å². The first-order valence-electron chi connectivity index (χ1n) is 9.50. The number of carbonyl (C=O) groups excluding carboxylic acids is 1. The third-order valence-electron chi connectivity index (χ3n) is 6.64. The Bertz CT molecular complexity index is 781. The molecule has 3 aliphatic rings. The molecule has 140 valence electrons. The molecule has 1 aromatic carbocycles. The van der Waals surface area contributed by atoms with E-state index in [0.29, 0.717) is 37.9 Å². The molecule has 26 heavy (non-hydrogen) atoms. The second kappa shape index (κ2) is 6.39. The maximum absolute atomic E-state index is 11.9. The average Bonchev–Trinajstić information content (AvgIpc) is 2.99. The second-order valence-electron chi connectivity index (χ2n) is 8.02. The Balaban J connectivity index is 1.74. The van der Waals surface area contributed by atoms with Crippen LogP contribution in [0.2, 0.25) is 0 Å². The highest BCUT2D eigenvalue weighted by Gasteiger charge is 2.51. The molecule has 3 N–H and O–H groups in total. The highest BCUT2D eigenvalue weighted by molar-refractivity contribution is 5.92.